The number of rotatable bonds is 7. The van der Waals surface area contributed by atoms with Gasteiger partial charge in [0.25, 0.3) is 0 Å². The molecule has 2 aromatic carbocycles. The van der Waals surface area contributed by atoms with Crippen LogP contribution in [0, 0.1) is 44.5 Å². The van der Waals surface area contributed by atoms with Crippen molar-refractivity contribution in [2.75, 3.05) is 0 Å². The molecular weight excluding hydrogens is 795 g/mol. The van der Waals surface area contributed by atoms with Gasteiger partial charge in [0.1, 0.15) is 0 Å². The molecule has 1 aliphatic carbocycles. The van der Waals surface area contributed by atoms with E-state index >= 15 is 0 Å². The van der Waals surface area contributed by atoms with Crippen LogP contribution >= 0.6 is 0 Å². The minimum Gasteiger partial charge on any atom is -0.486 e. The van der Waals surface area contributed by atoms with Gasteiger partial charge in [0, 0.05) is 61.4 Å². The molecule has 1 fully saturated rings. The van der Waals surface area contributed by atoms with E-state index < -0.39 is 47.1 Å². The Kier molecular flexibility index (Phi) is 7.37. The molecule has 4 nitrogen and oxygen atoms in total. The summed E-state index contributed by atoms with van der Waals surface area (Å²) in [6, 6.07) is 21.1. The summed E-state index contributed by atoms with van der Waals surface area (Å²) in [5.74, 6) is -0.380. The number of nitrogens with zero attached hydrogens (tertiary/aromatic N) is 3. The first-order valence-electron chi connectivity index (χ1n) is 22.9. The first kappa shape index (κ1) is 23.1. The fraction of sp³-hybridized carbons (Fsp3) is 0.372. The maximum atomic E-state index is 8.74. The standard InChI is InChI=1S/C25H25N2O.C18H24NSi.Ir/c1-15-11-22(26-14-20(15)12-18-6-4-5-7-18)19-8-9-23-21(13-19)24-16(2)10-17(3)27-25(24)28-23;1-14(2)11-16-12-17(15-9-7-6-8-10-15)19-13-18(16)20(3,4)5;/h9-11,13-14,18H,4-7,12H2,1-3H3;6-9,12-14H,11H2,1-5H3;/q2*-1;/i1D3,2D3,3D3,12D2;11D2;. The van der Waals surface area contributed by atoms with Crippen LogP contribution in [0.4, 0.5) is 0 Å². The molecule has 4 aromatic heterocycles. The molecule has 0 aliphatic heterocycles. The molecule has 0 saturated heterocycles. The number of fused-ring (bicyclic) bond motifs is 3. The normalized spacial score (nSPS) is 18.8. The van der Waals surface area contributed by atoms with Crippen LogP contribution < -0.4 is 5.19 Å². The van der Waals surface area contributed by atoms with E-state index in [1.165, 1.54) is 18.3 Å². The molecule has 1 aliphatic rings. The smallest absolute Gasteiger partial charge is 0.216 e. The summed E-state index contributed by atoms with van der Waals surface area (Å²) in [6.07, 6.45) is 3.09. The van der Waals surface area contributed by atoms with Gasteiger partial charge in [-0.1, -0.05) is 87.8 Å². The first-order chi connectivity index (χ1) is 28.1. The third kappa shape index (κ3) is 8.66. The summed E-state index contributed by atoms with van der Waals surface area (Å²) >= 11 is 0. The fourth-order valence-electron chi connectivity index (χ4n) is 6.06. The molecule has 6 aromatic rings. The van der Waals surface area contributed by atoms with Crippen LogP contribution in [0.2, 0.25) is 19.6 Å². The second-order valence-electron chi connectivity index (χ2n) is 13.6. The van der Waals surface area contributed by atoms with Crippen molar-refractivity contribution < 1.29 is 42.3 Å². The zero-order valence-electron chi connectivity index (χ0n) is 41.4. The number of benzene rings is 2. The predicted molar refractivity (Wildman–Crippen MR) is 203 cm³/mol. The molecule has 0 amide bonds. The first-order valence-corrected chi connectivity index (χ1v) is 19.9. The molecule has 0 spiro atoms. The summed E-state index contributed by atoms with van der Waals surface area (Å²) in [5, 5.41) is 1.56. The minimum absolute atomic E-state index is 0. The Morgan fingerprint density at radius 1 is 0.918 bits per heavy atom. The molecular formula is C43H49IrN3OSi-2. The second kappa shape index (κ2) is 15.6. The van der Waals surface area contributed by atoms with E-state index in [1.807, 2.05) is 50.4 Å². The maximum absolute atomic E-state index is 8.74. The van der Waals surface area contributed by atoms with Crippen LogP contribution in [-0.2, 0) is 32.9 Å². The minimum atomic E-state index is -2.67. The van der Waals surface area contributed by atoms with Crippen LogP contribution in [0.3, 0.4) is 0 Å². The Hall–Kier alpha value is -3.44. The van der Waals surface area contributed by atoms with E-state index in [2.05, 4.69) is 46.7 Å². The van der Waals surface area contributed by atoms with Crippen molar-refractivity contribution in [3.8, 4) is 22.5 Å². The molecule has 0 unspecified atom stereocenters. The Morgan fingerprint density at radius 3 is 2.39 bits per heavy atom. The van der Waals surface area contributed by atoms with Crippen LogP contribution in [0.5, 0.6) is 0 Å². The molecule has 4 heterocycles. The number of hydrogen-bond donors (Lipinski definition) is 0. The van der Waals surface area contributed by atoms with Crippen LogP contribution in [-0.4, -0.2) is 23.0 Å². The monoisotopic (exact) mass is 857 g/mol. The van der Waals surface area contributed by atoms with Gasteiger partial charge in [0.15, 0.2) is 0 Å². The molecule has 0 atom stereocenters. The average molecular weight is 857 g/mol. The molecule has 0 bridgehead atoms. The molecule has 0 N–H and O–H groups in total. The summed E-state index contributed by atoms with van der Waals surface area (Å²) in [6.45, 7) is 2.65. The van der Waals surface area contributed by atoms with Crippen molar-refractivity contribution in [2.45, 2.75) is 92.5 Å². The van der Waals surface area contributed by atoms with Crippen LogP contribution in [0.1, 0.15) is 85.3 Å². The number of hydrogen-bond acceptors (Lipinski definition) is 4. The van der Waals surface area contributed by atoms with Crippen molar-refractivity contribution in [1.82, 2.24) is 15.0 Å². The van der Waals surface area contributed by atoms with Crippen molar-refractivity contribution >= 4 is 35.3 Å². The van der Waals surface area contributed by atoms with Gasteiger partial charge in [0.05, 0.1) is 13.7 Å². The van der Waals surface area contributed by atoms with Gasteiger partial charge in [-0.2, -0.15) is 0 Å². The quantitative estimate of drug-likeness (QED) is 0.119. The van der Waals surface area contributed by atoms with E-state index in [0.717, 1.165) is 40.9 Å². The van der Waals surface area contributed by atoms with Gasteiger partial charge in [-0.25, -0.2) is 4.98 Å². The molecule has 1 radical (unpaired) electrons. The van der Waals surface area contributed by atoms with E-state index in [1.54, 1.807) is 6.07 Å². The third-order valence-electron chi connectivity index (χ3n) is 8.41. The number of furan rings is 1. The van der Waals surface area contributed by atoms with Gasteiger partial charge in [-0.15, -0.1) is 59.7 Å². The van der Waals surface area contributed by atoms with E-state index in [4.69, 9.17) is 22.2 Å². The SMILES string of the molecule is [2H]C([2H])([2H])c1cc(C([2H])([2H])[2H])c2c(n1)oc1c[c-]c(-c3cc(C([2H])([2H])[2H])c(C([2H])([2H])C4CCCC4)cn3)cc12.[2H]C([2H])(c1cc(-c2[c-]cccc2)ncc1[Si](C)(C)C)C(C)C.[Ir]. The average Bonchev–Trinajstić information content (AvgIpc) is 3.85. The van der Waals surface area contributed by atoms with Gasteiger partial charge in [-0.3, -0.25) is 0 Å². The molecule has 1 saturated carbocycles. The van der Waals surface area contributed by atoms with Crippen LogP contribution in [0.15, 0.2) is 71.4 Å². The van der Waals surface area contributed by atoms with Crippen LogP contribution in [0.25, 0.3) is 44.6 Å². The van der Waals surface area contributed by atoms with E-state index in [9.17, 15) is 0 Å². The molecule has 6 heteroatoms. The van der Waals surface area contributed by atoms with Crippen molar-refractivity contribution in [3.63, 3.8) is 0 Å². The zero-order valence-corrected chi connectivity index (χ0v) is 31.8. The predicted octanol–water partition coefficient (Wildman–Crippen LogP) is 10.8. The molecule has 257 valence electrons. The summed E-state index contributed by atoms with van der Waals surface area (Å²) in [4.78, 5) is 13.0. The van der Waals surface area contributed by atoms with Crippen molar-refractivity contribution in [1.29, 1.82) is 0 Å². The number of aromatic nitrogens is 3. The Labute approximate surface area is 325 Å². The Morgan fingerprint density at radius 2 is 1.69 bits per heavy atom. The third-order valence-corrected chi connectivity index (χ3v) is 10.4. The van der Waals surface area contributed by atoms with Gasteiger partial charge < -0.3 is 14.4 Å². The van der Waals surface area contributed by atoms with Gasteiger partial charge in [-0.05, 0) is 78.9 Å². The van der Waals surface area contributed by atoms with E-state index in [-0.39, 0.29) is 71.0 Å². The van der Waals surface area contributed by atoms with Gasteiger partial charge in [0.2, 0.25) is 5.71 Å². The molecule has 7 rings (SSSR count). The van der Waals surface area contributed by atoms with Crippen molar-refractivity contribution in [3.05, 3.63) is 107 Å². The molecule has 49 heavy (non-hydrogen) atoms. The van der Waals surface area contributed by atoms with Crippen molar-refractivity contribution in [2.24, 2.45) is 11.8 Å². The summed E-state index contributed by atoms with van der Waals surface area (Å²) < 4.78 is 112. The second-order valence-corrected chi connectivity index (χ2v) is 18.7. The Bertz CT molecular complexity index is 2540. The summed E-state index contributed by atoms with van der Waals surface area (Å²) in [5.41, 5.74) is 2.39. The topological polar surface area (TPSA) is 51.8 Å². The largest absolute Gasteiger partial charge is 0.486 e. The van der Waals surface area contributed by atoms with Gasteiger partial charge >= 0.3 is 0 Å². The number of pyridine rings is 3. The van der Waals surface area contributed by atoms with E-state index in [0.29, 0.717) is 23.8 Å². The zero-order chi connectivity index (χ0) is 45.1. The number of aryl methyl sites for hydroxylation is 3. The Balaban J connectivity index is 0.000000269. The summed E-state index contributed by atoms with van der Waals surface area (Å²) in [7, 11) is -1.67. The maximum Gasteiger partial charge on any atom is 0.216 e. The fourth-order valence-corrected chi connectivity index (χ4v) is 7.46.